The Kier molecular flexibility index (Phi) is 9.22. The van der Waals surface area contributed by atoms with Crippen molar-refractivity contribution in [2.45, 2.75) is 0 Å². The number of carbonyl (C=O) groups is 1. The molecule has 8 rings (SSSR count). The van der Waals surface area contributed by atoms with Crippen molar-refractivity contribution in [2.75, 3.05) is 9.80 Å². The molecule has 0 radical (unpaired) electrons. The molecule has 0 saturated heterocycles. The van der Waals surface area contributed by atoms with Gasteiger partial charge in [0, 0.05) is 45.3 Å². The van der Waals surface area contributed by atoms with Crippen LogP contribution in [0.15, 0.2) is 218 Å². The zero-order chi connectivity index (χ0) is 35.1. The maximum absolute atomic E-state index is 13.5. The van der Waals surface area contributed by atoms with Gasteiger partial charge in [0.15, 0.2) is 5.78 Å². The second kappa shape index (κ2) is 14.9. The highest BCUT2D eigenvalue weighted by Gasteiger charge is 2.15. The Morgan fingerprint density at radius 2 is 0.462 bits per heavy atom. The molecule has 3 heteroatoms. The van der Waals surface area contributed by atoms with Crippen molar-refractivity contribution in [1.82, 2.24) is 0 Å². The van der Waals surface area contributed by atoms with Crippen LogP contribution in [0.3, 0.4) is 0 Å². The molecule has 0 aliphatic heterocycles. The lowest BCUT2D eigenvalue weighted by atomic mass is 9.97. The smallest absolute Gasteiger partial charge is 0.193 e. The van der Waals surface area contributed by atoms with Gasteiger partial charge in [-0.3, -0.25) is 4.79 Å². The maximum atomic E-state index is 13.5. The van der Waals surface area contributed by atoms with Crippen LogP contribution in [0, 0.1) is 0 Å². The fourth-order valence-electron chi connectivity index (χ4n) is 6.60. The molecule has 0 aromatic heterocycles. The molecule has 0 atom stereocenters. The largest absolute Gasteiger partial charge is 0.311 e. The van der Waals surface area contributed by atoms with Gasteiger partial charge in [-0.2, -0.15) is 0 Å². The Hall–Kier alpha value is -6.97. The molecule has 52 heavy (non-hydrogen) atoms. The maximum Gasteiger partial charge on any atom is 0.193 e. The quantitative estimate of drug-likeness (QED) is 0.136. The van der Waals surface area contributed by atoms with E-state index in [-0.39, 0.29) is 5.78 Å². The zero-order valence-corrected chi connectivity index (χ0v) is 28.6. The van der Waals surface area contributed by atoms with Crippen LogP contribution in [0.2, 0.25) is 0 Å². The monoisotopic (exact) mass is 668 g/mol. The average molecular weight is 669 g/mol. The molecule has 0 unspecified atom stereocenters. The molecule has 0 N–H and O–H groups in total. The van der Waals surface area contributed by atoms with Crippen LogP contribution in [0.25, 0.3) is 22.3 Å². The molecular formula is C49H36N2O. The van der Waals surface area contributed by atoms with Crippen LogP contribution in [0.1, 0.15) is 15.9 Å². The summed E-state index contributed by atoms with van der Waals surface area (Å²) in [6.07, 6.45) is 0. The Labute approximate surface area is 305 Å². The number of hydrogen-bond donors (Lipinski definition) is 0. The third-order valence-corrected chi connectivity index (χ3v) is 9.27. The van der Waals surface area contributed by atoms with Crippen LogP contribution in [-0.2, 0) is 0 Å². The second-order valence-electron chi connectivity index (χ2n) is 12.6. The van der Waals surface area contributed by atoms with Crippen LogP contribution < -0.4 is 9.80 Å². The molecule has 0 aliphatic rings. The van der Waals surface area contributed by atoms with Crippen molar-refractivity contribution in [3.05, 3.63) is 230 Å². The molecule has 0 aliphatic carbocycles. The minimum absolute atomic E-state index is 0.00604. The summed E-state index contributed by atoms with van der Waals surface area (Å²) in [5.41, 5.74) is 12.2. The highest BCUT2D eigenvalue weighted by molar-refractivity contribution is 6.09. The van der Waals surface area contributed by atoms with Crippen molar-refractivity contribution in [3.8, 4) is 22.3 Å². The summed E-state index contributed by atoms with van der Waals surface area (Å²) in [5, 5.41) is 0. The number of rotatable bonds is 10. The van der Waals surface area contributed by atoms with Crippen molar-refractivity contribution in [2.24, 2.45) is 0 Å². The molecule has 0 fully saturated rings. The molecule has 0 amide bonds. The summed E-state index contributed by atoms with van der Waals surface area (Å²) in [6.45, 7) is 0. The normalized spacial score (nSPS) is 10.8. The van der Waals surface area contributed by atoms with Gasteiger partial charge < -0.3 is 9.80 Å². The summed E-state index contributed by atoms with van der Waals surface area (Å²) in [7, 11) is 0. The van der Waals surface area contributed by atoms with Gasteiger partial charge in [-0.15, -0.1) is 0 Å². The molecule has 3 nitrogen and oxygen atoms in total. The van der Waals surface area contributed by atoms with Gasteiger partial charge in [0.05, 0.1) is 0 Å². The Balaban J connectivity index is 0.968. The lowest BCUT2D eigenvalue weighted by molar-refractivity contribution is 0.103. The molecule has 8 aromatic rings. The van der Waals surface area contributed by atoms with E-state index in [1.165, 1.54) is 0 Å². The van der Waals surface area contributed by atoms with Gasteiger partial charge in [-0.1, -0.05) is 146 Å². The molecule has 0 heterocycles. The molecule has 0 saturated carbocycles. The van der Waals surface area contributed by atoms with Gasteiger partial charge in [0.1, 0.15) is 0 Å². The topological polar surface area (TPSA) is 23.6 Å². The van der Waals surface area contributed by atoms with E-state index in [0.29, 0.717) is 11.1 Å². The summed E-state index contributed by atoms with van der Waals surface area (Å²) in [4.78, 5) is 18.0. The van der Waals surface area contributed by atoms with Crippen LogP contribution >= 0.6 is 0 Å². The van der Waals surface area contributed by atoms with E-state index < -0.39 is 0 Å². The molecular weight excluding hydrogens is 633 g/mol. The lowest BCUT2D eigenvalue weighted by Gasteiger charge is -2.25. The first-order chi connectivity index (χ1) is 25.7. The number of nitrogens with zero attached hydrogens (tertiary/aromatic N) is 2. The Bertz CT molecular complexity index is 2110. The number of para-hydroxylation sites is 4. The fraction of sp³-hybridized carbons (Fsp3) is 0. The van der Waals surface area contributed by atoms with E-state index in [1.807, 2.05) is 72.8 Å². The third kappa shape index (κ3) is 6.89. The summed E-state index contributed by atoms with van der Waals surface area (Å²) < 4.78 is 0. The fourth-order valence-corrected chi connectivity index (χ4v) is 6.60. The molecule has 8 aromatic carbocycles. The van der Waals surface area contributed by atoms with Gasteiger partial charge in [-0.05, 0) is 95.1 Å². The highest BCUT2D eigenvalue weighted by Crippen LogP contribution is 2.37. The van der Waals surface area contributed by atoms with Gasteiger partial charge in [0.2, 0.25) is 0 Å². The Morgan fingerprint density at radius 3 is 0.712 bits per heavy atom. The first-order valence-corrected chi connectivity index (χ1v) is 17.5. The predicted octanol–water partition coefficient (Wildman–Crippen LogP) is 13.2. The van der Waals surface area contributed by atoms with E-state index in [9.17, 15) is 4.79 Å². The SMILES string of the molecule is O=C(c1ccc(-c2ccc(N(c3ccccc3)c3ccccc3)cc2)cc1)c1ccc(-c2ccc(N(c3ccccc3)c3ccccc3)cc2)cc1. The van der Waals surface area contributed by atoms with Crippen molar-refractivity contribution in [3.63, 3.8) is 0 Å². The van der Waals surface area contributed by atoms with E-state index in [0.717, 1.165) is 56.4 Å². The summed E-state index contributed by atoms with van der Waals surface area (Å²) in [6, 6.07) is 74.5. The first-order valence-electron chi connectivity index (χ1n) is 17.5. The van der Waals surface area contributed by atoms with Crippen LogP contribution in [0.4, 0.5) is 34.1 Å². The average Bonchev–Trinajstić information content (AvgIpc) is 3.23. The first kappa shape index (κ1) is 32.2. The van der Waals surface area contributed by atoms with E-state index >= 15 is 0 Å². The van der Waals surface area contributed by atoms with Gasteiger partial charge in [0.25, 0.3) is 0 Å². The highest BCUT2D eigenvalue weighted by atomic mass is 16.1. The van der Waals surface area contributed by atoms with Crippen LogP contribution in [-0.4, -0.2) is 5.78 Å². The number of anilines is 6. The van der Waals surface area contributed by atoms with Gasteiger partial charge in [-0.25, -0.2) is 0 Å². The van der Waals surface area contributed by atoms with Gasteiger partial charge >= 0.3 is 0 Å². The number of hydrogen-bond acceptors (Lipinski definition) is 3. The van der Waals surface area contributed by atoms with E-state index in [1.54, 1.807) is 0 Å². The Morgan fingerprint density at radius 1 is 0.250 bits per heavy atom. The number of benzene rings is 8. The molecule has 0 bridgehead atoms. The van der Waals surface area contributed by atoms with Crippen molar-refractivity contribution < 1.29 is 4.79 Å². The summed E-state index contributed by atoms with van der Waals surface area (Å²) >= 11 is 0. The van der Waals surface area contributed by atoms with Crippen LogP contribution in [0.5, 0.6) is 0 Å². The minimum atomic E-state index is 0.00604. The summed E-state index contributed by atoms with van der Waals surface area (Å²) in [5.74, 6) is 0.00604. The minimum Gasteiger partial charge on any atom is -0.311 e. The zero-order valence-electron chi connectivity index (χ0n) is 28.6. The third-order valence-electron chi connectivity index (χ3n) is 9.27. The van der Waals surface area contributed by atoms with E-state index in [2.05, 4.69) is 155 Å². The van der Waals surface area contributed by atoms with Crippen molar-refractivity contribution in [1.29, 1.82) is 0 Å². The second-order valence-corrected chi connectivity index (χ2v) is 12.6. The molecule has 248 valence electrons. The predicted molar refractivity (Wildman–Crippen MR) is 217 cm³/mol. The number of ketones is 1. The molecule has 0 spiro atoms. The van der Waals surface area contributed by atoms with E-state index in [4.69, 9.17) is 0 Å². The number of carbonyl (C=O) groups excluding carboxylic acids is 1. The lowest BCUT2D eigenvalue weighted by Crippen LogP contribution is -2.09. The standard InChI is InChI=1S/C49H36N2O/c52-49(41-25-21-37(22-26-41)39-29-33-47(34-30-39)50(43-13-5-1-6-14-43)44-15-7-2-8-16-44)42-27-23-38(24-28-42)40-31-35-48(36-32-40)51(45-17-9-3-10-18-45)46-19-11-4-12-20-46/h1-36H. The van der Waals surface area contributed by atoms with Crippen molar-refractivity contribution >= 4 is 39.9 Å².